The number of aliphatic carboxylic acids is 1. The minimum Gasteiger partial charge on any atom is -0.481 e. The van der Waals surface area contributed by atoms with E-state index in [0.717, 1.165) is 0 Å². The number of nitrogens with one attached hydrogen (secondary N) is 2. The van der Waals surface area contributed by atoms with Crippen molar-refractivity contribution in [1.82, 2.24) is 25.9 Å². The van der Waals surface area contributed by atoms with Crippen LogP contribution in [0.5, 0.6) is 0 Å². The van der Waals surface area contributed by atoms with Gasteiger partial charge in [0.1, 0.15) is 0 Å². The number of carboxylic acids is 1. The normalized spacial score (nSPS) is 11.2. The summed E-state index contributed by atoms with van der Waals surface area (Å²) in [7, 11) is 0. The first-order valence-corrected chi connectivity index (χ1v) is 5.76. The Morgan fingerprint density at radius 2 is 2.06 bits per heavy atom. The van der Waals surface area contributed by atoms with Gasteiger partial charge in [0.15, 0.2) is 5.82 Å². The van der Waals surface area contributed by atoms with Gasteiger partial charge >= 0.3 is 5.97 Å². The van der Waals surface area contributed by atoms with Crippen molar-refractivity contribution in [1.29, 1.82) is 0 Å². The lowest BCUT2D eigenvalue weighted by Gasteiger charge is -2.25. The first-order chi connectivity index (χ1) is 8.54. The molecule has 0 saturated carbocycles. The summed E-state index contributed by atoms with van der Waals surface area (Å²) in [5.74, 6) is -0.912. The molecule has 0 radical (unpaired) electrons. The van der Waals surface area contributed by atoms with Crippen LogP contribution in [0, 0.1) is 5.41 Å². The van der Waals surface area contributed by atoms with Gasteiger partial charge < -0.3 is 10.4 Å². The number of rotatable bonds is 7. The van der Waals surface area contributed by atoms with E-state index in [1.54, 1.807) is 13.8 Å². The van der Waals surface area contributed by atoms with Gasteiger partial charge in [0.05, 0.1) is 12.0 Å². The van der Waals surface area contributed by atoms with E-state index in [9.17, 15) is 14.7 Å². The molecular formula is C10H17N5O3. The largest absolute Gasteiger partial charge is 0.481 e. The molecular weight excluding hydrogens is 238 g/mol. The molecule has 0 bridgehead atoms. The van der Waals surface area contributed by atoms with Crippen molar-refractivity contribution >= 4 is 11.9 Å². The van der Waals surface area contributed by atoms with Crippen LogP contribution in [0.1, 0.15) is 38.9 Å². The number of aromatic amines is 1. The lowest BCUT2D eigenvalue weighted by molar-refractivity contribution is -0.152. The summed E-state index contributed by atoms with van der Waals surface area (Å²) >= 11 is 0. The van der Waals surface area contributed by atoms with Gasteiger partial charge in [-0.3, -0.25) is 9.59 Å². The molecule has 0 atom stereocenters. The number of amides is 1. The predicted octanol–water partition coefficient (Wildman–Crippen LogP) is 0.0970. The highest BCUT2D eigenvalue weighted by Gasteiger charge is 2.37. The van der Waals surface area contributed by atoms with Crippen LogP contribution in [-0.2, 0) is 16.1 Å². The molecule has 0 aliphatic rings. The summed E-state index contributed by atoms with van der Waals surface area (Å²) in [6, 6.07) is 0. The smallest absolute Gasteiger partial charge is 0.310 e. The molecule has 0 unspecified atom stereocenters. The summed E-state index contributed by atoms with van der Waals surface area (Å²) in [6.07, 6.45) is 0.774. The predicted molar refractivity (Wildman–Crippen MR) is 61.3 cm³/mol. The van der Waals surface area contributed by atoms with E-state index in [-0.39, 0.29) is 18.9 Å². The van der Waals surface area contributed by atoms with Crippen LogP contribution in [0.25, 0.3) is 0 Å². The molecule has 1 heterocycles. The van der Waals surface area contributed by atoms with E-state index in [4.69, 9.17) is 0 Å². The summed E-state index contributed by atoms with van der Waals surface area (Å²) < 4.78 is 0. The highest BCUT2D eigenvalue weighted by Crippen LogP contribution is 2.30. The Hall–Kier alpha value is -1.99. The number of carbonyl (C=O) groups excluding carboxylic acids is 1. The zero-order valence-electron chi connectivity index (χ0n) is 10.4. The number of hydrogen-bond donors (Lipinski definition) is 3. The SMILES string of the molecule is CCC(CC)(CC(=O)NCc1nn[nH]n1)C(=O)O. The Morgan fingerprint density at radius 3 is 2.50 bits per heavy atom. The zero-order valence-corrected chi connectivity index (χ0v) is 10.4. The van der Waals surface area contributed by atoms with Crippen molar-refractivity contribution in [3.8, 4) is 0 Å². The second kappa shape index (κ2) is 6.08. The molecule has 100 valence electrons. The molecule has 18 heavy (non-hydrogen) atoms. The minimum absolute atomic E-state index is 0.0484. The van der Waals surface area contributed by atoms with E-state index in [2.05, 4.69) is 25.9 Å². The molecule has 1 amide bonds. The number of hydrogen-bond acceptors (Lipinski definition) is 5. The second-order valence-corrected chi connectivity index (χ2v) is 4.07. The fourth-order valence-electron chi connectivity index (χ4n) is 1.68. The number of carboxylic acid groups (broad SMARTS) is 1. The van der Waals surface area contributed by atoms with Crippen LogP contribution in [0.4, 0.5) is 0 Å². The van der Waals surface area contributed by atoms with Gasteiger partial charge in [-0.25, -0.2) is 0 Å². The monoisotopic (exact) mass is 255 g/mol. The van der Waals surface area contributed by atoms with E-state index in [1.807, 2.05) is 0 Å². The van der Waals surface area contributed by atoms with Gasteiger partial charge in [0.25, 0.3) is 0 Å². The topological polar surface area (TPSA) is 121 Å². The van der Waals surface area contributed by atoms with Crippen molar-refractivity contribution in [3.05, 3.63) is 5.82 Å². The average molecular weight is 255 g/mol. The molecule has 1 aromatic heterocycles. The molecule has 3 N–H and O–H groups in total. The molecule has 0 aromatic carbocycles. The number of H-pyrrole nitrogens is 1. The summed E-state index contributed by atoms with van der Waals surface area (Å²) in [4.78, 5) is 22.9. The third kappa shape index (κ3) is 3.25. The Balaban J connectivity index is 2.54. The van der Waals surface area contributed by atoms with Gasteiger partial charge in [-0.05, 0) is 12.8 Å². The summed E-state index contributed by atoms with van der Waals surface area (Å²) in [6.45, 7) is 3.67. The molecule has 0 aliphatic heterocycles. The Kier molecular flexibility index (Phi) is 4.75. The van der Waals surface area contributed by atoms with E-state index >= 15 is 0 Å². The van der Waals surface area contributed by atoms with Crippen LogP contribution in [0.15, 0.2) is 0 Å². The van der Waals surface area contributed by atoms with E-state index in [1.165, 1.54) is 0 Å². The lowest BCUT2D eigenvalue weighted by Crippen LogP contribution is -2.36. The molecule has 1 aromatic rings. The first kappa shape index (κ1) is 14.1. The van der Waals surface area contributed by atoms with Crippen LogP contribution < -0.4 is 5.32 Å². The van der Waals surface area contributed by atoms with Gasteiger partial charge in [0, 0.05) is 6.42 Å². The molecule has 8 nitrogen and oxygen atoms in total. The van der Waals surface area contributed by atoms with Crippen molar-refractivity contribution in [2.24, 2.45) is 5.41 Å². The van der Waals surface area contributed by atoms with Gasteiger partial charge in [-0.15, -0.1) is 10.2 Å². The Morgan fingerprint density at radius 1 is 1.39 bits per heavy atom. The Labute approximate surface area is 104 Å². The molecule has 8 heteroatoms. The maximum absolute atomic E-state index is 11.7. The first-order valence-electron chi connectivity index (χ1n) is 5.76. The highest BCUT2D eigenvalue weighted by molar-refractivity contribution is 5.84. The fraction of sp³-hybridized carbons (Fsp3) is 0.700. The number of tetrazole rings is 1. The fourth-order valence-corrected chi connectivity index (χ4v) is 1.68. The standard InChI is InChI=1S/C10H17N5O3/c1-3-10(4-2,9(17)18)5-8(16)11-6-7-12-14-15-13-7/h3-6H2,1-2H3,(H,11,16)(H,17,18)(H,12,13,14,15). The average Bonchev–Trinajstić information content (AvgIpc) is 2.86. The second-order valence-electron chi connectivity index (χ2n) is 4.07. The van der Waals surface area contributed by atoms with Crippen molar-refractivity contribution in [3.63, 3.8) is 0 Å². The number of carbonyl (C=O) groups is 2. The van der Waals surface area contributed by atoms with Crippen molar-refractivity contribution in [2.45, 2.75) is 39.7 Å². The van der Waals surface area contributed by atoms with E-state index in [0.29, 0.717) is 18.7 Å². The van der Waals surface area contributed by atoms with Crippen molar-refractivity contribution in [2.75, 3.05) is 0 Å². The summed E-state index contributed by atoms with van der Waals surface area (Å²) in [5.41, 5.74) is -0.999. The van der Waals surface area contributed by atoms with Crippen molar-refractivity contribution < 1.29 is 14.7 Å². The zero-order chi connectivity index (χ0) is 13.6. The Bertz CT molecular complexity index is 400. The lowest BCUT2D eigenvalue weighted by atomic mass is 9.79. The summed E-state index contributed by atoms with van der Waals surface area (Å²) in [5, 5.41) is 24.8. The molecule has 0 saturated heterocycles. The molecule has 0 fully saturated rings. The van der Waals surface area contributed by atoms with Crippen LogP contribution >= 0.6 is 0 Å². The van der Waals surface area contributed by atoms with Gasteiger partial charge in [-0.2, -0.15) is 5.21 Å². The highest BCUT2D eigenvalue weighted by atomic mass is 16.4. The quantitative estimate of drug-likeness (QED) is 0.635. The van der Waals surface area contributed by atoms with Crippen LogP contribution in [-0.4, -0.2) is 37.6 Å². The molecule has 1 rings (SSSR count). The molecule has 0 spiro atoms. The van der Waals surface area contributed by atoms with E-state index < -0.39 is 11.4 Å². The van der Waals surface area contributed by atoms with Gasteiger partial charge in [0.2, 0.25) is 5.91 Å². The minimum atomic E-state index is -0.999. The number of aromatic nitrogens is 4. The van der Waals surface area contributed by atoms with Gasteiger partial charge in [-0.1, -0.05) is 19.1 Å². The number of nitrogens with zero attached hydrogens (tertiary/aromatic N) is 3. The maximum Gasteiger partial charge on any atom is 0.310 e. The third-order valence-corrected chi connectivity index (χ3v) is 3.14. The third-order valence-electron chi connectivity index (χ3n) is 3.14. The maximum atomic E-state index is 11.7. The van der Waals surface area contributed by atoms with Crippen LogP contribution in [0.3, 0.4) is 0 Å². The molecule has 0 aliphatic carbocycles. The van der Waals surface area contributed by atoms with Crippen LogP contribution in [0.2, 0.25) is 0 Å².